The predicted octanol–water partition coefficient (Wildman–Crippen LogP) is -1.54. The van der Waals surface area contributed by atoms with Gasteiger partial charge in [0.2, 0.25) is 0 Å². The molecule has 0 saturated heterocycles. The van der Waals surface area contributed by atoms with Crippen molar-refractivity contribution in [3.8, 4) is 0 Å². The first-order chi connectivity index (χ1) is 1.73. The van der Waals surface area contributed by atoms with Gasteiger partial charge in [-0.05, 0) is 0 Å². The Morgan fingerprint density at radius 1 is 1.40 bits per heavy atom. The van der Waals surface area contributed by atoms with Gasteiger partial charge in [-0.25, -0.2) is 0 Å². The molecule has 0 unspecified atom stereocenters. The molecule has 0 aromatic carbocycles. The molecule has 5 heavy (non-hydrogen) atoms. The van der Waals surface area contributed by atoms with E-state index in [1.54, 1.807) is 0 Å². The van der Waals surface area contributed by atoms with Gasteiger partial charge in [0, 0.05) is 8.41 Å². The van der Waals surface area contributed by atoms with Gasteiger partial charge >= 0.3 is 0 Å². The van der Waals surface area contributed by atoms with Crippen molar-refractivity contribution in [2.45, 2.75) is 0 Å². The number of guanidine groups is 1. The van der Waals surface area contributed by atoms with Crippen molar-refractivity contribution in [3.63, 3.8) is 0 Å². The van der Waals surface area contributed by atoms with Crippen LogP contribution < -0.4 is 11.5 Å². The lowest BCUT2D eigenvalue weighted by Crippen LogP contribution is -2.20. The molecule has 3 radical (unpaired) electrons. The highest BCUT2D eigenvalue weighted by Crippen LogP contribution is 1.13. The molecular formula is CH5BN3. The highest BCUT2D eigenvalue weighted by Gasteiger charge is 1.52. The number of hydrogen-bond donors (Lipinski definition) is 3. The number of nitrogens with two attached hydrogens (primary N) is 2. The van der Waals surface area contributed by atoms with Crippen LogP contribution in [0, 0.1) is 5.41 Å². The average Bonchev–Trinajstić information content (AvgIpc) is 0.811. The maximum Gasteiger partial charge on any atom is 0.183 e. The van der Waals surface area contributed by atoms with Crippen molar-refractivity contribution in [3.05, 3.63) is 0 Å². The fraction of sp³-hybridized carbons (Fsp3) is 0. The highest BCUT2D eigenvalue weighted by atomic mass is 14.9. The van der Waals surface area contributed by atoms with Crippen molar-refractivity contribution >= 4 is 14.4 Å². The summed E-state index contributed by atoms with van der Waals surface area (Å²) in [6.07, 6.45) is 0. The molecule has 0 heterocycles. The van der Waals surface area contributed by atoms with Crippen molar-refractivity contribution in [1.82, 2.24) is 0 Å². The van der Waals surface area contributed by atoms with Crippen LogP contribution in [-0.2, 0) is 0 Å². The zero-order chi connectivity index (χ0) is 3.58. The van der Waals surface area contributed by atoms with Crippen LogP contribution in [0.25, 0.3) is 0 Å². The highest BCUT2D eigenvalue weighted by molar-refractivity contribution is 5.75. The summed E-state index contributed by atoms with van der Waals surface area (Å²) in [6.45, 7) is 0. The Balaban J connectivity index is 0. The molecule has 0 aromatic heterocycles. The molecule has 0 aliphatic carbocycles. The molecule has 0 atom stereocenters. The molecule has 0 aliphatic heterocycles. The van der Waals surface area contributed by atoms with Gasteiger partial charge in [0.1, 0.15) is 0 Å². The summed E-state index contributed by atoms with van der Waals surface area (Å²) >= 11 is 0. The molecule has 0 spiro atoms. The minimum Gasteiger partial charge on any atom is -0.370 e. The van der Waals surface area contributed by atoms with Gasteiger partial charge < -0.3 is 11.5 Å². The largest absolute Gasteiger partial charge is 0.370 e. The van der Waals surface area contributed by atoms with E-state index in [-0.39, 0.29) is 14.4 Å². The van der Waals surface area contributed by atoms with Gasteiger partial charge in [0.05, 0.1) is 0 Å². The molecule has 0 aliphatic rings. The second-order valence-electron chi connectivity index (χ2n) is 0.455. The molecule has 0 bridgehead atoms. The van der Waals surface area contributed by atoms with E-state index in [1.165, 1.54) is 0 Å². The van der Waals surface area contributed by atoms with Crippen molar-refractivity contribution in [1.29, 1.82) is 5.41 Å². The van der Waals surface area contributed by atoms with Crippen LogP contribution in [0.15, 0.2) is 0 Å². The van der Waals surface area contributed by atoms with Crippen LogP contribution in [0.3, 0.4) is 0 Å². The van der Waals surface area contributed by atoms with Crippen LogP contribution in [0.2, 0.25) is 0 Å². The van der Waals surface area contributed by atoms with Gasteiger partial charge in [-0.15, -0.1) is 0 Å². The molecule has 0 aromatic rings. The topological polar surface area (TPSA) is 75.9 Å². The first-order valence-electron chi connectivity index (χ1n) is 0.827. The smallest absolute Gasteiger partial charge is 0.183 e. The molecule has 0 amide bonds. The Morgan fingerprint density at radius 3 is 1.40 bits per heavy atom. The fourth-order valence-corrected chi connectivity index (χ4v) is 0. The van der Waals surface area contributed by atoms with Crippen molar-refractivity contribution in [2.24, 2.45) is 11.5 Å². The van der Waals surface area contributed by atoms with Crippen LogP contribution in [0.4, 0.5) is 0 Å². The zero-order valence-corrected chi connectivity index (χ0v) is 2.73. The van der Waals surface area contributed by atoms with E-state index in [0.717, 1.165) is 0 Å². The molecule has 27 valence electrons. The minimum atomic E-state index is -0.333. The van der Waals surface area contributed by atoms with E-state index >= 15 is 0 Å². The van der Waals surface area contributed by atoms with E-state index < -0.39 is 0 Å². The third-order valence-corrected chi connectivity index (χ3v) is 0. The third-order valence-electron chi connectivity index (χ3n) is 0. The molecule has 5 N–H and O–H groups in total. The van der Waals surface area contributed by atoms with Crippen molar-refractivity contribution < 1.29 is 0 Å². The summed E-state index contributed by atoms with van der Waals surface area (Å²) < 4.78 is 0. The van der Waals surface area contributed by atoms with Gasteiger partial charge in [0.25, 0.3) is 0 Å². The lowest BCUT2D eigenvalue weighted by Gasteiger charge is -1.69. The molecule has 0 rings (SSSR count). The molecule has 0 fully saturated rings. The molecule has 4 heteroatoms. The Kier molecular flexibility index (Phi) is 5.90. The predicted molar refractivity (Wildman–Crippen MR) is 21.9 cm³/mol. The number of hydrogen-bond acceptors (Lipinski definition) is 1. The number of rotatable bonds is 0. The maximum atomic E-state index is 6.06. The summed E-state index contributed by atoms with van der Waals surface area (Å²) in [5.74, 6) is -0.333. The Labute approximate surface area is 32.4 Å². The second kappa shape index (κ2) is 3.33. The summed E-state index contributed by atoms with van der Waals surface area (Å²) in [5, 5.41) is 6.06. The van der Waals surface area contributed by atoms with E-state index in [1.807, 2.05) is 0 Å². The minimum absolute atomic E-state index is 0. The normalized spacial score (nSPS) is 4.80. The maximum absolute atomic E-state index is 6.06. The van der Waals surface area contributed by atoms with E-state index in [0.29, 0.717) is 0 Å². The van der Waals surface area contributed by atoms with E-state index in [9.17, 15) is 0 Å². The summed E-state index contributed by atoms with van der Waals surface area (Å²) in [6, 6.07) is 0. The van der Waals surface area contributed by atoms with Gasteiger partial charge in [-0.2, -0.15) is 0 Å². The average molecular weight is 69.9 g/mol. The summed E-state index contributed by atoms with van der Waals surface area (Å²) in [4.78, 5) is 0. The van der Waals surface area contributed by atoms with Gasteiger partial charge in [-0.3, -0.25) is 5.41 Å². The van der Waals surface area contributed by atoms with Crippen LogP contribution in [0.5, 0.6) is 0 Å². The van der Waals surface area contributed by atoms with E-state index in [2.05, 4.69) is 11.5 Å². The third kappa shape index (κ3) is 13.4. The first kappa shape index (κ1) is 8.84. The standard InChI is InChI=1S/CH5N3.B/c2-1(3)4;/h(H5,2,3,4);. The second-order valence-corrected chi connectivity index (χ2v) is 0.455. The monoisotopic (exact) mass is 70.1 g/mol. The summed E-state index contributed by atoms with van der Waals surface area (Å²) in [7, 11) is 0. The fourth-order valence-electron chi connectivity index (χ4n) is 0. The van der Waals surface area contributed by atoms with Gasteiger partial charge in [0.15, 0.2) is 5.96 Å². The Morgan fingerprint density at radius 2 is 1.40 bits per heavy atom. The van der Waals surface area contributed by atoms with E-state index in [4.69, 9.17) is 5.41 Å². The molecule has 0 saturated carbocycles. The molecular weight excluding hydrogens is 64.8 g/mol. The quantitative estimate of drug-likeness (QED) is 0.183. The van der Waals surface area contributed by atoms with Gasteiger partial charge in [-0.1, -0.05) is 0 Å². The SMILES string of the molecule is N=C(N)N.[B]. The first-order valence-corrected chi connectivity index (χ1v) is 0.827. The van der Waals surface area contributed by atoms with Crippen LogP contribution in [-0.4, -0.2) is 14.4 Å². The Bertz CT molecular complexity index is 29.9. The zero-order valence-electron chi connectivity index (χ0n) is 2.73. The lowest BCUT2D eigenvalue weighted by molar-refractivity contribution is 1.39. The van der Waals surface area contributed by atoms with Crippen molar-refractivity contribution in [2.75, 3.05) is 0 Å². The lowest BCUT2D eigenvalue weighted by atomic mass is 10.8. The summed E-state index contributed by atoms with van der Waals surface area (Å²) in [5.41, 5.74) is 8.94. The van der Waals surface area contributed by atoms with Crippen LogP contribution >= 0.6 is 0 Å². The molecule has 3 nitrogen and oxygen atoms in total. The van der Waals surface area contributed by atoms with Crippen LogP contribution in [0.1, 0.15) is 0 Å². The Hall–Kier alpha value is -0.665. The number of nitrogens with one attached hydrogen (secondary N) is 1.